The lowest BCUT2D eigenvalue weighted by atomic mass is 9.99. The third kappa shape index (κ3) is 44.5. The Labute approximate surface area is 494 Å². The van der Waals surface area contributed by atoms with E-state index in [9.17, 15) is 35.1 Å². The van der Waals surface area contributed by atoms with Gasteiger partial charge in [0.1, 0.15) is 24.4 Å². The first-order chi connectivity index (χ1) is 39.7. The van der Waals surface area contributed by atoms with Crippen molar-refractivity contribution in [2.45, 2.75) is 307 Å². The molecule has 8 unspecified atom stereocenters. The highest BCUT2D eigenvalue weighted by atomic mass is 16.7. The van der Waals surface area contributed by atoms with Crippen molar-refractivity contribution in [1.29, 1.82) is 0 Å². The van der Waals surface area contributed by atoms with E-state index < -0.39 is 67.4 Å². The maximum Gasteiger partial charge on any atom is 0.306 e. The van der Waals surface area contributed by atoms with Gasteiger partial charge in [-0.05, 0) is 89.9 Å². The van der Waals surface area contributed by atoms with Crippen molar-refractivity contribution in [1.82, 2.24) is 5.32 Å². The summed E-state index contributed by atoms with van der Waals surface area (Å²) in [5.74, 6) is -1.22. The van der Waals surface area contributed by atoms with Gasteiger partial charge in [-0.15, -0.1) is 0 Å². The monoisotopic (exact) mass is 1130 g/mol. The van der Waals surface area contributed by atoms with Crippen molar-refractivity contribution in [3.8, 4) is 0 Å². The van der Waals surface area contributed by atoms with Crippen LogP contribution in [0.25, 0.3) is 0 Å². The van der Waals surface area contributed by atoms with Gasteiger partial charge >= 0.3 is 5.97 Å². The molecule has 11 heteroatoms. The SMILES string of the molecule is CC/C=C\C/C=C\C/C=C\C/C=C\C/C=C\CCCCCCCCCCCCC(O)C(=O)NC(COC1OC(CO)C(O)C(O)C1OC(=O)CCCCCCC\C=C/C=C/C=C/CC)C(O)/C=C/CCCCCCCCCCCCC. The van der Waals surface area contributed by atoms with Gasteiger partial charge in [-0.25, -0.2) is 0 Å². The van der Waals surface area contributed by atoms with Crippen LogP contribution in [0.4, 0.5) is 0 Å². The molecule has 8 atom stereocenters. The van der Waals surface area contributed by atoms with Crippen LogP contribution in [-0.4, -0.2) is 99.6 Å². The summed E-state index contributed by atoms with van der Waals surface area (Å²) in [6.07, 6.45) is 67.0. The van der Waals surface area contributed by atoms with Gasteiger partial charge < -0.3 is 45.1 Å². The molecule has 1 fully saturated rings. The van der Waals surface area contributed by atoms with Crippen LogP contribution in [0.15, 0.2) is 109 Å². The average molecular weight is 1130 g/mol. The lowest BCUT2D eigenvalue weighted by Gasteiger charge is -2.41. The predicted molar refractivity (Wildman–Crippen MR) is 338 cm³/mol. The molecule has 1 aliphatic heterocycles. The van der Waals surface area contributed by atoms with E-state index in [0.29, 0.717) is 12.8 Å². The quantitative estimate of drug-likeness (QED) is 0.0149. The van der Waals surface area contributed by atoms with Crippen molar-refractivity contribution in [2.75, 3.05) is 13.2 Å². The third-order valence-corrected chi connectivity index (χ3v) is 14.7. The molecule has 0 aromatic carbocycles. The predicted octanol–water partition coefficient (Wildman–Crippen LogP) is 16.1. The first-order valence-corrected chi connectivity index (χ1v) is 32.7. The summed E-state index contributed by atoms with van der Waals surface area (Å²) >= 11 is 0. The van der Waals surface area contributed by atoms with Crippen molar-refractivity contribution in [2.24, 2.45) is 0 Å². The van der Waals surface area contributed by atoms with Crippen molar-refractivity contribution in [3.05, 3.63) is 109 Å². The molecule has 464 valence electrons. The Hall–Kier alpha value is -3.68. The maximum atomic E-state index is 13.5. The van der Waals surface area contributed by atoms with E-state index in [4.69, 9.17) is 14.2 Å². The minimum atomic E-state index is -1.63. The van der Waals surface area contributed by atoms with Gasteiger partial charge in [0, 0.05) is 6.42 Å². The molecule has 0 spiro atoms. The summed E-state index contributed by atoms with van der Waals surface area (Å²) in [6, 6.07) is -1.04. The van der Waals surface area contributed by atoms with Crippen molar-refractivity contribution < 1.29 is 49.3 Å². The van der Waals surface area contributed by atoms with E-state index in [2.05, 4.69) is 105 Å². The maximum absolute atomic E-state index is 13.5. The molecule has 0 radical (unpaired) electrons. The van der Waals surface area contributed by atoms with E-state index in [0.717, 1.165) is 116 Å². The van der Waals surface area contributed by atoms with Crippen molar-refractivity contribution >= 4 is 11.9 Å². The fraction of sp³-hybridized carbons (Fsp3) is 0.714. The molecule has 81 heavy (non-hydrogen) atoms. The van der Waals surface area contributed by atoms with Crippen LogP contribution in [0.2, 0.25) is 0 Å². The van der Waals surface area contributed by atoms with Gasteiger partial charge in [-0.2, -0.15) is 0 Å². The second-order valence-electron chi connectivity index (χ2n) is 22.1. The molecule has 1 saturated heterocycles. The summed E-state index contributed by atoms with van der Waals surface area (Å²) in [5.41, 5.74) is 0. The molecule has 1 heterocycles. The van der Waals surface area contributed by atoms with E-state index >= 15 is 0 Å². The number of hydrogen-bond donors (Lipinski definition) is 6. The number of aliphatic hydroxyl groups excluding tert-OH is 5. The zero-order valence-electron chi connectivity index (χ0n) is 51.4. The minimum absolute atomic E-state index is 0.0958. The number of esters is 1. The summed E-state index contributed by atoms with van der Waals surface area (Å²) in [5, 5.41) is 57.1. The van der Waals surface area contributed by atoms with Crippen LogP contribution in [0.5, 0.6) is 0 Å². The number of amides is 1. The number of nitrogens with one attached hydrogen (secondary N) is 1. The van der Waals surface area contributed by atoms with Gasteiger partial charge in [0.25, 0.3) is 0 Å². The molecule has 1 rings (SSSR count). The zero-order chi connectivity index (χ0) is 58.9. The minimum Gasteiger partial charge on any atom is -0.454 e. The van der Waals surface area contributed by atoms with Gasteiger partial charge in [-0.1, -0.05) is 271 Å². The smallest absolute Gasteiger partial charge is 0.306 e. The molecule has 0 aromatic heterocycles. The number of carbonyl (C=O) groups is 2. The Morgan fingerprint density at radius 1 is 0.506 bits per heavy atom. The lowest BCUT2D eigenvalue weighted by molar-refractivity contribution is -0.305. The van der Waals surface area contributed by atoms with Crippen LogP contribution in [0.3, 0.4) is 0 Å². The van der Waals surface area contributed by atoms with Gasteiger partial charge in [-0.3, -0.25) is 9.59 Å². The van der Waals surface area contributed by atoms with Crippen molar-refractivity contribution in [3.63, 3.8) is 0 Å². The zero-order valence-corrected chi connectivity index (χ0v) is 51.4. The van der Waals surface area contributed by atoms with E-state index in [1.54, 1.807) is 6.08 Å². The van der Waals surface area contributed by atoms with Crippen LogP contribution in [0, 0.1) is 0 Å². The molecular weight excluding hydrogens is 1010 g/mol. The number of aliphatic hydroxyl groups is 5. The van der Waals surface area contributed by atoms with Gasteiger partial charge in [0.05, 0.1) is 25.4 Å². The Morgan fingerprint density at radius 3 is 1.47 bits per heavy atom. The second-order valence-corrected chi connectivity index (χ2v) is 22.1. The highest BCUT2D eigenvalue weighted by Gasteiger charge is 2.47. The molecule has 0 aromatic rings. The highest BCUT2D eigenvalue weighted by molar-refractivity contribution is 5.80. The Balaban J connectivity index is 2.62. The number of unbranched alkanes of at least 4 members (excludes halogenated alkanes) is 26. The fourth-order valence-electron chi connectivity index (χ4n) is 9.62. The standard InChI is InChI=1S/C70H119NO10/c1-4-7-10-13-16-19-22-25-26-27-28-29-30-31-32-33-34-35-36-37-40-42-45-48-51-54-57-63(74)69(78)71-61(62(73)56-53-50-47-44-41-38-23-20-17-14-11-8-5-2)60-79-70-68(67(77)66(76)64(59-72)80-70)81-65(75)58-55-52-49-46-43-39-24-21-18-15-12-9-6-3/h7,9-10,12,15-16,18-19,21,24-26,28-29,31-32,53,56,61-64,66-68,70,72-74,76-77H,4-6,8,11,13-14,17,20,22-23,27,30,33-52,54-55,57-60H2,1-3H3,(H,71,78)/b10-7-,12-9+,18-15+,19-16-,24-21-,26-25-,29-28-,32-31-,56-53+. The Morgan fingerprint density at radius 2 is 0.951 bits per heavy atom. The molecule has 0 aliphatic carbocycles. The number of carbonyl (C=O) groups excluding carboxylic acids is 2. The number of allylic oxidation sites excluding steroid dienone is 17. The fourth-order valence-corrected chi connectivity index (χ4v) is 9.62. The first kappa shape index (κ1) is 75.3. The molecule has 0 saturated carbocycles. The van der Waals surface area contributed by atoms with E-state index in [-0.39, 0.29) is 19.4 Å². The highest BCUT2D eigenvalue weighted by Crippen LogP contribution is 2.26. The summed E-state index contributed by atoms with van der Waals surface area (Å²) < 4.78 is 17.6. The van der Waals surface area contributed by atoms with Crippen LogP contribution < -0.4 is 5.32 Å². The summed E-state index contributed by atoms with van der Waals surface area (Å²) in [6.45, 7) is 5.53. The third-order valence-electron chi connectivity index (χ3n) is 14.7. The molecule has 1 aliphatic rings. The Bertz CT molecular complexity index is 1730. The molecule has 11 nitrogen and oxygen atoms in total. The molecular formula is C70H119NO10. The van der Waals surface area contributed by atoms with Gasteiger partial charge in [0.15, 0.2) is 12.4 Å². The largest absolute Gasteiger partial charge is 0.454 e. The Kier molecular flexibility index (Phi) is 52.8. The van der Waals surface area contributed by atoms with E-state index in [1.165, 1.54) is 96.3 Å². The number of ether oxygens (including phenoxy) is 3. The summed E-state index contributed by atoms with van der Waals surface area (Å²) in [7, 11) is 0. The van der Waals surface area contributed by atoms with E-state index in [1.807, 2.05) is 24.3 Å². The number of hydrogen-bond acceptors (Lipinski definition) is 10. The average Bonchev–Trinajstić information content (AvgIpc) is 3.52. The molecule has 1 amide bonds. The summed E-state index contributed by atoms with van der Waals surface area (Å²) in [4.78, 5) is 26.6. The first-order valence-electron chi connectivity index (χ1n) is 32.7. The topological polar surface area (TPSA) is 175 Å². The van der Waals surface area contributed by atoms with Crippen LogP contribution in [-0.2, 0) is 23.8 Å². The molecule has 0 bridgehead atoms. The number of rotatable bonds is 54. The lowest BCUT2D eigenvalue weighted by Crippen LogP contribution is -2.61. The van der Waals surface area contributed by atoms with Crippen LogP contribution in [0.1, 0.15) is 258 Å². The second kappa shape index (κ2) is 56.8. The molecule has 6 N–H and O–H groups in total. The van der Waals surface area contributed by atoms with Gasteiger partial charge in [0.2, 0.25) is 5.91 Å². The van der Waals surface area contributed by atoms with Crippen LogP contribution >= 0.6 is 0 Å². The normalized spacial score (nSPS) is 19.4.